The number of hydrogen-bond donors (Lipinski definition) is 0. The first-order chi connectivity index (χ1) is 11.3. The predicted octanol–water partition coefficient (Wildman–Crippen LogP) is 2.28. The summed E-state index contributed by atoms with van der Waals surface area (Å²) in [5, 5.41) is 0. The van der Waals surface area contributed by atoms with Crippen molar-refractivity contribution in [3.05, 3.63) is 36.3 Å². The molecule has 5 nitrogen and oxygen atoms in total. The topological polar surface area (TPSA) is 37.2 Å². The molecule has 3 heterocycles. The van der Waals surface area contributed by atoms with Crippen molar-refractivity contribution in [1.29, 1.82) is 0 Å². The molecule has 0 spiro atoms. The molecule has 1 aliphatic rings. The Morgan fingerprint density at radius 1 is 1.04 bits per heavy atom. The molecule has 3 rings (SSSR count). The Morgan fingerprint density at radius 2 is 1.83 bits per heavy atom. The standard InChI is InChI=1S/C18H27N5/c1-3-21-12-14-22(15-13-21)9-5-10-23-11-8-19-18(23)17-7-4-6-16(2)20-17/h4,6-8,11H,3,5,9-10,12-15H2,1-2H3. The molecule has 0 unspecified atom stereocenters. The zero-order valence-electron chi connectivity index (χ0n) is 14.3. The van der Waals surface area contributed by atoms with Crippen LogP contribution in [0, 0.1) is 6.92 Å². The summed E-state index contributed by atoms with van der Waals surface area (Å²) < 4.78 is 2.23. The number of imidazole rings is 1. The molecule has 0 bridgehead atoms. The average molecular weight is 313 g/mol. The van der Waals surface area contributed by atoms with Gasteiger partial charge in [0.1, 0.15) is 5.69 Å². The van der Waals surface area contributed by atoms with Crippen LogP contribution in [-0.2, 0) is 6.54 Å². The molecule has 23 heavy (non-hydrogen) atoms. The van der Waals surface area contributed by atoms with Crippen LogP contribution in [-0.4, -0.2) is 63.6 Å². The highest BCUT2D eigenvalue weighted by Crippen LogP contribution is 2.15. The van der Waals surface area contributed by atoms with Gasteiger partial charge in [-0.25, -0.2) is 9.97 Å². The fraction of sp³-hybridized carbons (Fsp3) is 0.556. The Bertz CT molecular complexity index is 613. The van der Waals surface area contributed by atoms with Gasteiger partial charge in [0.25, 0.3) is 0 Å². The number of piperazine rings is 1. The van der Waals surface area contributed by atoms with Crippen molar-refractivity contribution in [1.82, 2.24) is 24.3 Å². The molecule has 0 amide bonds. The minimum atomic E-state index is 0.964. The Labute approximate surface area is 139 Å². The second kappa shape index (κ2) is 7.70. The maximum absolute atomic E-state index is 4.59. The molecule has 2 aromatic rings. The van der Waals surface area contributed by atoms with Crippen LogP contribution < -0.4 is 0 Å². The van der Waals surface area contributed by atoms with Crippen molar-refractivity contribution in [2.75, 3.05) is 39.3 Å². The first kappa shape index (κ1) is 16.1. The van der Waals surface area contributed by atoms with E-state index in [0.29, 0.717) is 0 Å². The van der Waals surface area contributed by atoms with Crippen LogP contribution in [0.2, 0.25) is 0 Å². The monoisotopic (exact) mass is 313 g/mol. The van der Waals surface area contributed by atoms with E-state index in [1.807, 2.05) is 31.3 Å². The Hall–Kier alpha value is -1.72. The molecule has 0 atom stereocenters. The van der Waals surface area contributed by atoms with E-state index < -0.39 is 0 Å². The van der Waals surface area contributed by atoms with Crippen LogP contribution in [0.3, 0.4) is 0 Å². The SMILES string of the molecule is CCN1CCN(CCCn2ccnc2-c2cccc(C)n2)CC1. The highest BCUT2D eigenvalue weighted by Gasteiger charge is 2.15. The lowest BCUT2D eigenvalue weighted by atomic mass is 10.2. The van der Waals surface area contributed by atoms with Gasteiger partial charge >= 0.3 is 0 Å². The molecule has 1 aliphatic heterocycles. The van der Waals surface area contributed by atoms with Gasteiger partial charge in [-0.3, -0.25) is 0 Å². The molecule has 5 heteroatoms. The first-order valence-electron chi connectivity index (χ1n) is 8.66. The van der Waals surface area contributed by atoms with Crippen LogP contribution >= 0.6 is 0 Å². The third kappa shape index (κ3) is 4.18. The van der Waals surface area contributed by atoms with Gasteiger partial charge in [0.2, 0.25) is 0 Å². The Morgan fingerprint density at radius 3 is 2.57 bits per heavy atom. The van der Waals surface area contributed by atoms with Gasteiger partial charge < -0.3 is 14.4 Å². The van der Waals surface area contributed by atoms with Crippen molar-refractivity contribution in [3.63, 3.8) is 0 Å². The number of nitrogens with zero attached hydrogens (tertiary/aromatic N) is 5. The van der Waals surface area contributed by atoms with E-state index in [0.717, 1.165) is 36.7 Å². The fourth-order valence-corrected chi connectivity index (χ4v) is 3.18. The normalized spacial score (nSPS) is 16.8. The number of likely N-dealkylation sites (N-methyl/N-ethyl adjacent to an activating group) is 1. The smallest absolute Gasteiger partial charge is 0.158 e. The maximum Gasteiger partial charge on any atom is 0.158 e. The van der Waals surface area contributed by atoms with Crippen molar-refractivity contribution in [2.45, 2.75) is 26.8 Å². The van der Waals surface area contributed by atoms with Crippen molar-refractivity contribution in [3.8, 4) is 11.5 Å². The summed E-state index contributed by atoms with van der Waals surface area (Å²) >= 11 is 0. The number of aromatic nitrogens is 3. The minimum Gasteiger partial charge on any atom is -0.330 e. The molecule has 124 valence electrons. The van der Waals surface area contributed by atoms with Gasteiger partial charge in [0, 0.05) is 50.8 Å². The van der Waals surface area contributed by atoms with E-state index >= 15 is 0 Å². The third-order valence-corrected chi connectivity index (χ3v) is 4.62. The molecule has 1 saturated heterocycles. The van der Waals surface area contributed by atoms with E-state index in [4.69, 9.17) is 0 Å². The van der Waals surface area contributed by atoms with E-state index in [9.17, 15) is 0 Å². The molecule has 0 radical (unpaired) electrons. The molecule has 0 saturated carbocycles. The third-order valence-electron chi connectivity index (χ3n) is 4.62. The van der Waals surface area contributed by atoms with Crippen molar-refractivity contribution >= 4 is 0 Å². The average Bonchev–Trinajstić information content (AvgIpc) is 3.04. The van der Waals surface area contributed by atoms with E-state index in [-0.39, 0.29) is 0 Å². The summed E-state index contributed by atoms with van der Waals surface area (Å²) in [5.41, 5.74) is 2.00. The van der Waals surface area contributed by atoms with Crippen LogP contribution in [0.1, 0.15) is 19.0 Å². The number of hydrogen-bond acceptors (Lipinski definition) is 4. The van der Waals surface area contributed by atoms with E-state index in [1.165, 1.54) is 32.7 Å². The quantitative estimate of drug-likeness (QED) is 0.820. The molecule has 2 aromatic heterocycles. The van der Waals surface area contributed by atoms with Gasteiger partial charge in [-0.2, -0.15) is 0 Å². The van der Waals surface area contributed by atoms with Crippen LogP contribution in [0.15, 0.2) is 30.6 Å². The molecule has 1 fully saturated rings. The lowest BCUT2D eigenvalue weighted by Crippen LogP contribution is -2.46. The second-order valence-corrected chi connectivity index (χ2v) is 6.24. The van der Waals surface area contributed by atoms with Crippen molar-refractivity contribution < 1.29 is 0 Å². The van der Waals surface area contributed by atoms with E-state index in [2.05, 4.69) is 37.5 Å². The summed E-state index contributed by atoms with van der Waals surface area (Å²) in [6, 6.07) is 6.10. The van der Waals surface area contributed by atoms with Crippen LogP contribution in [0.4, 0.5) is 0 Å². The van der Waals surface area contributed by atoms with Gasteiger partial charge in [-0.05, 0) is 38.6 Å². The van der Waals surface area contributed by atoms with Crippen LogP contribution in [0.25, 0.3) is 11.5 Å². The fourth-order valence-electron chi connectivity index (χ4n) is 3.18. The van der Waals surface area contributed by atoms with Gasteiger partial charge in [0.05, 0.1) is 0 Å². The van der Waals surface area contributed by atoms with Gasteiger partial charge in [0.15, 0.2) is 5.82 Å². The highest BCUT2D eigenvalue weighted by molar-refractivity contribution is 5.49. The molecule has 0 aliphatic carbocycles. The zero-order valence-corrected chi connectivity index (χ0v) is 14.3. The summed E-state index contributed by atoms with van der Waals surface area (Å²) in [6.45, 7) is 12.4. The second-order valence-electron chi connectivity index (χ2n) is 6.24. The summed E-state index contributed by atoms with van der Waals surface area (Å²) in [7, 11) is 0. The van der Waals surface area contributed by atoms with Crippen LogP contribution in [0.5, 0.6) is 0 Å². The number of rotatable bonds is 6. The molecular weight excluding hydrogens is 286 g/mol. The van der Waals surface area contributed by atoms with Gasteiger partial charge in [-0.15, -0.1) is 0 Å². The Balaban J connectivity index is 1.53. The minimum absolute atomic E-state index is 0.964. The summed E-state index contributed by atoms with van der Waals surface area (Å²) in [5.74, 6) is 0.976. The Kier molecular flexibility index (Phi) is 5.41. The number of aryl methyl sites for hydroxylation is 2. The van der Waals surface area contributed by atoms with Gasteiger partial charge in [-0.1, -0.05) is 13.0 Å². The molecular formula is C18H27N5. The predicted molar refractivity (Wildman–Crippen MR) is 93.4 cm³/mol. The van der Waals surface area contributed by atoms with Crippen molar-refractivity contribution in [2.24, 2.45) is 0 Å². The number of pyridine rings is 1. The molecule has 0 N–H and O–H groups in total. The molecule has 0 aromatic carbocycles. The lowest BCUT2D eigenvalue weighted by molar-refractivity contribution is 0.135. The van der Waals surface area contributed by atoms with E-state index in [1.54, 1.807) is 0 Å². The highest BCUT2D eigenvalue weighted by atomic mass is 15.3. The summed E-state index contributed by atoms with van der Waals surface area (Å²) in [6.07, 6.45) is 5.09. The lowest BCUT2D eigenvalue weighted by Gasteiger charge is -2.34. The zero-order chi connectivity index (χ0) is 16.1. The largest absolute Gasteiger partial charge is 0.330 e. The first-order valence-corrected chi connectivity index (χ1v) is 8.66. The maximum atomic E-state index is 4.59. The summed E-state index contributed by atoms with van der Waals surface area (Å²) in [4.78, 5) is 14.2.